The zero-order valence-electron chi connectivity index (χ0n) is 13.3. The van der Waals surface area contributed by atoms with Crippen LogP contribution >= 0.6 is 0 Å². The van der Waals surface area contributed by atoms with Gasteiger partial charge >= 0.3 is 0 Å². The summed E-state index contributed by atoms with van der Waals surface area (Å²) in [6, 6.07) is 15.1. The highest BCUT2D eigenvalue weighted by molar-refractivity contribution is 7.91. The van der Waals surface area contributed by atoms with Gasteiger partial charge in [-0.25, -0.2) is 8.42 Å². The summed E-state index contributed by atoms with van der Waals surface area (Å²) in [7, 11) is -3.51. The fourth-order valence-corrected chi connectivity index (χ4v) is 4.49. The van der Waals surface area contributed by atoms with Crippen molar-refractivity contribution in [3.05, 3.63) is 60.3 Å². The summed E-state index contributed by atoms with van der Waals surface area (Å²) in [6.07, 6.45) is 5.04. The fourth-order valence-electron chi connectivity index (χ4n) is 3.05. The fraction of sp³-hybridized carbons (Fsp3) is 0.263. The van der Waals surface area contributed by atoms with Crippen molar-refractivity contribution in [2.24, 2.45) is 0 Å². The second kappa shape index (κ2) is 6.07. The van der Waals surface area contributed by atoms with Crippen molar-refractivity contribution in [3.63, 3.8) is 0 Å². The van der Waals surface area contributed by atoms with Crippen LogP contribution in [0.2, 0.25) is 0 Å². The average Bonchev–Trinajstić information content (AvgIpc) is 3.31. The topological polar surface area (TPSA) is 62.0 Å². The first-order chi connectivity index (χ1) is 11.7. The molecule has 0 atom stereocenters. The van der Waals surface area contributed by atoms with Crippen LogP contribution in [0.5, 0.6) is 0 Å². The quantitative estimate of drug-likeness (QED) is 0.724. The van der Waals surface area contributed by atoms with Crippen LogP contribution in [0.25, 0.3) is 10.9 Å². The van der Waals surface area contributed by atoms with Crippen LogP contribution in [0.15, 0.2) is 64.5 Å². The van der Waals surface area contributed by atoms with Gasteiger partial charge in [0.05, 0.1) is 15.3 Å². The zero-order chi connectivity index (χ0) is 16.6. The maximum atomic E-state index is 12.9. The molecule has 1 heterocycles. The van der Waals surface area contributed by atoms with Gasteiger partial charge in [-0.2, -0.15) is 0 Å². The highest BCUT2D eigenvalue weighted by atomic mass is 32.2. The average molecular weight is 340 g/mol. The molecule has 2 aromatic carbocycles. The molecule has 3 aromatic rings. The van der Waals surface area contributed by atoms with Gasteiger partial charge in [0, 0.05) is 17.6 Å². The molecule has 2 N–H and O–H groups in total. The van der Waals surface area contributed by atoms with E-state index in [9.17, 15) is 8.42 Å². The van der Waals surface area contributed by atoms with Crippen LogP contribution in [-0.2, 0) is 16.3 Å². The normalized spacial score (nSPS) is 15.0. The Labute approximate surface area is 141 Å². The SMILES string of the molecule is O=S(=O)(c1ccccc1)c1c[nH]c2c(CCNC3CC3)cccc12. The third-order valence-corrected chi connectivity index (χ3v) is 6.32. The number of sulfone groups is 1. The molecular formula is C19H20N2O2S. The lowest BCUT2D eigenvalue weighted by molar-refractivity contribution is 0.597. The van der Waals surface area contributed by atoms with Gasteiger partial charge in [0.25, 0.3) is 0 Å². The molecule has 24 heavy (non-hydrogen) atoms. The maximum Gasteiger partial charge on any atom is 0.208 e. The van der Waals surface area contributed by atoms with E-state index >= 15 is 0 Å². The van der Waals surface area contributed by atoms with Crippen molar-refractivity contribution in [2.45, 2.75) is 35.1 Å². The van der Waals surface area contributed by atoms with Gasteiger partial charge in [0.15, 0.2) is 0 Å². The summed E-state index contributed by atoms with van der Waals surface area (Å²) in [6.45, 7) is 0.920. The minimum Gasteiger partial charge on any atom is -0.360 e. The monoisotopic (exact) mass is 340 g/mol. The predicted octanol–water partition coefficient (Wildman–Crippen LogP) is 3.30. The number of H-pyrrole nitrogens is 1. The third kappa shape index (κ3) is 2.85. The Morgan fingerprint density at radius 3 is 2.58 bits per heavy atom. The number of hydrogen-bond donors (Lipinski definition) is 2. The Kier molecular flexibility index (Phi) is 3.90. The molecule has 4 nitrogen and oxygen atoms in total. The molecule has 0 saturated heterocycles. The molecule has 0 amide bonds. The van der Waals surface area contributed by atoms with Crippen molar-refractivity contribution in [1.29, 1.82) is 0 Å². The minimum absolute atomic E-state index is 0.326. The van der Waals surface area contributed by atoms with Crippen LogP contribution in [0.1, 0.15) is 18.4 Å². The van der Waals surface area contributed by atoms with Crippen LogP contribution in [0, 0.1) is 0 Å². The second-order valence-electron chi connectivity index (χ2n) is 6.29. The molecule has 0 bridgehead atoms. The number of aromatic amines is 1. The number of para-hydroxylation sites is 1. The Hall–Kier alpha value is -2.11. The maximum absolute atomic E-state index is 12.9. The number of nitrogens with one attached hydrogen (secondary N) is 2. The number of rotatable bonds is 6. The lowest BCUT2D eigenvalue weighted by Gasteiger charge is -2.06. The number of aromatic nitrogens is 1. The van der Waals surface area contributed by atoms with Crippen LogP contribution in [0.3, 0.4) is 0 Å². The van der Waals surface area contributed by atoms with Crippen LogP contribution in [-0.4, -0.2) is 26.0 Å². The molecule has 1 fully saturated rings. The lowest BCUT2D eigenvalue weighted by atomic mass is 10.1. The molecule has 0 radical (unpaired) electrons. The predicted molar refractivity (Wildman–Crippen MR) is 94.9 cm³/mol. The molecule has 0 unspecified atom stereocenters. The van der Waals surface area contributed by atoms with Gasteiger partial charge in [-0.05, 0) is 43.5 Å². The first-order valence-electron chi connectivity index (χ1n) is 8.29. The Balaban J connectivity index is 1.69. The molecule has 1 aromatic heterocycles. The van der Waals surface area contributed by atoms with Crippen molar-refractivity contribution in [2.75, 3.05) is 6.54 Å². The van der Waals surface area contributed by atoms with E-state index in [0.717, 1.165) is 29.4 Å². The molecule has 124 valence electrons. The second-order valence-corrected chi connectivity index (χ2v) is 8.21. The summed E-state index contributed by atoms with van der Waals surface area (Å²) in [5.74, 6) is 0. The van der Waals surface area contributed by atoms with E-state index in [1.807, 2.05) is 18.2 Å². The number of hydrogen-bond acceptors (Lipinski definition) is 3. The van der Waals surface area contributed by atoms with E-state index in [1.54, 1.807) is 30.5 Å². The van der Waals surface area contributed by atoms with Gasteiger partial charge < -0.3 is 10.3 Å². The van der Waals surface area contributed by atoms with Gasteiger partial charge in [-0.1, -0.05) is 36.4 Å². The molecule has 1 aliphatic rings. The Morgan fingerprint density at radius 2 is 1.83 bits per heavy atom. The highest BCUT2D eigenvalue weighted by Crippen LogP contribution is 2.30. The summed E-state index contributed by atoms with van der Waals surface area (Å²) < 4.78 is 25.8. The van der Waals surface area contributed by atoms with Gasteiger partial charge in [-0.15, -0.1) is 0 Å². The van der Waals surface area contributed by atoms with Crippen molar-refractivity contribution in [1.82, 2.24) is 10.3 Å². The van der Waals surface area contributed by atoms with Crippen LogP contribution < -0.4 is 5.32 Å². The van der Waals surface area contributed by atoms with Crippen molar-refractivity contribution < 1.29 is 8.42 Å². The largest absolute Gasteiger partial charge is 0.360 e. The first-order valence-corrected chi connectivity index (χ1v) is 9.77. The summed E-state index contributed by atoms with van der Waals surface area (Å²) in [5, 5.41) is 4.27. The smallest absolute Gasteiger partial charge is 0.208 e. The molecule has 0 aliphatic heterocycles. The van der Waals surface area contributed by atoms with Gasteiger partial charge in [0.2, 0.25) is 9.84 Å². The van der Waals surface area contributed by atoms with E-state index in [2.05, 4.69) is 16.4 Å². The zero-order valence-corrected chi connectivity index (χ0v) is 14.1. The van der Waals surface area contributed by atoms with E-state index in [-0.39, 0.29) is 0 Å². The third-order valence-electron chi connectivity index (χ3n) is 4.51. The van der Waals surface area contributed by atoms with Gasteiger partial charge in [0.1, 0.15) is 0 Å². The van der Waals surface area contributed by atoms with E-state index in [4.69, 9.17) is 0 Å². The molecule has 0 spiro atoms. The standard InChI is InChI=1S/C19H20N2O2S/c22-24(23,16-6-2-1-3-7-16)18-13-21-19-14(5-4-8-17(18)19)11-12-20-15-9-10-15/h1-8,13,15,20-21H,9-12H2. The summed E-state index contributed by atoms with van der Waals surface area (Å²) in [4.78, 5) is 3.85. The molecular weight excluding hydrogens is 320 g/mol. The Morgan fingerprint density at radius 1 is 1.04 bits per heavy atom. The van der Waals surface area contributed by atoms with E-state index in [1.165, 1.54) is 12.8 Å². The summed E-state index contributed by atoms with van der Waals surface area (Å²) in [5.41, 5.74) is 2.07. The Bertz CT molecular complexity index is 957. The lowest BCUT2D eigenvalue weighted by Crippen LogP contribution is -2.19. The molecule has 1 aliphatic carbocycles. The molecule has 5 heteroatoms. The number of fused-ring (bicyclic) bond motifs is 1. The minimum atomic E-state index is -3.51. The van der Waals surface area contributed by atoms with E-state index < -0.39 is 9.84 Å². The van der Waals surface area contributed by atoms with Gasteiger partial charge in [-0.3, -0.25) is 0 Å². The van der Waals surface area contributed by atoms with Crippen molar-refractivity contribution >= 4 is 20.7 Å². The summed E-state index contributed by atoms with van der Waals surface area (Å²) >= 11 is 0. The van der Waals surface area contributed by atoms with Crippen LogP contribution in [0.4, 0.5) is 0 Å². The first kappa shape index (κ1) is 15.4. The highest BCUT2D eigenvalue weighted by Gasteiger charge is 2.23. The van der Waals surface area contributed by atoms with Crippen molar-refractivity contribution in [3.8, 4) is 0 Å². The van der Waals surface area contributed by atoms with E-state index in [0.29, 0.717) is 15.8 Å². The molecule has 4 rings (SSSR count). The molecule has 1 saturated carbocycles. The number of benzene rings is 2.